The lowest BCUT2D eigenvalue weighted by molar-refractivity contribution is -0.151. The van der Waals surface area contributed by atoms with Crippen molar-refractivity contribution in [1.82, 2.24) is 9.80 Å². The molecule has 2 heterocycles. The van der Waals surface area contributed by atoms with Crippen LogP contribution in [0.15, 0.2) is 30.3 Å². The molecule has 0 radical (unpaired) electrons. The Kier molecular flexibility index (Phi) is 7.97. The number of carbonyl (C=O) groups excluding carboxylic acids is 3. The number of piperidine rings is 1. The molecule has 166 valence electrons. The van der Waals surface area contributed by atoms with Gasteiger partial charge in [0.1, 0.15) is 0 Å². The van der Waals surface area contributed by atoms with E-state index in [1.807, 2.05) is 6.07 Å². The molecule has 0 saturated carbocycles. The Bertz CT molecular complexity index is 950. The maximum absolute atomic E-state index is 12.8. The number of benzene rings is 1. The Balaban J connectivity index is 1.57. The Morgan fingerprint density at radius 1 is 1.13 bits per heavy atom. The number of amides is 2. The average molecular weight is 483 g/mol. The van der Waals surface area contributed by atoms with Crippen molar-refractivity contribution in [2.45, 2.75) is 19.8 Å². The van der Waals surface area contributed by atoms with Gasteiger partial charge in [-0.05, 0) is 55.7 Å². The van der Waals surface area contributed by atoms with Gasteiger partial charge in [-0.25, -0.2) is 0 Å². The van der Waals surface area contributed by atoms with Gasteiger partial charge in [0.05, 0.1) is 23.9 Å². The first kappa shape index (κ1) is 23.6. The largest absolute Gasteiger partial charge is 0.466 e. The van der Waals surface area contributed by atoms with E-state index < -0.39 is 0 Å². The molecule has 0 atom stereocenters. The second kappa shape index (κ2) is 10.5. The van der Waals surface area contributed by atoms with Crippen molar-refractivity contribution in [3.8, 4) is 10.4 Å². The van der Waals surface area contributed by atoms with Crippen LogP contribution in [0.2, 0.25) is 10.0 Å². The van der Waals surface area contributed by atoms with Crippen molar-refractivity contribution in [3.05, 3.63) is 45.3 Å². The van der Waals surface area contributed by atoms with Crippen molar-refractivity contribution >= 4 is 52.3 Å². The van der Waals surface area contributed by atoms with Crippen molar-refractivity contribution in [2.75, 3.05) is 33.3 Å². The molecule has 9 heteroatoms. The Hall–Kier alpha value is -2.09. The first-order chi connectivity index (χ1) is 14.8. The van der Waals surface area contributed by atoms with E-state index in [9.17, 15) is 14.4 Å². The van der Waals surface area contributed by atoms with Crippen LogP contribution in [0.4, 0.5) is 0 Å². The van der Waals surface area contributed by atoms with Crippen LogP contribution >= 0.6 is 34.5 Å². The highest BCUT2D eigenvalue weighted by Gasteiger charge is 2.29. The molecule has 1 aromatic carbocycles. The van der Waals surface area contributed by atoms with E-state index in [0.717, 1.165) is 10.4 Å². The topological polar surface area (TPSA) is 66.9 Å². The summed E-state index contributed by atoms with van der Waals surface area (Å²) in [5.41, 5.74) is 0.838. The molecule has 1 aromatic heterocycles. The average Bonchev–Trinajstić information content (AvgIpc) is 3.23. The third kappa shape index (κ3) is 5.99. The Morgan fingerprint density at radius 3 is 2.39 bits per heavy atom. The third-order valence-electron chi connectivity index (χ3n) is 5.15. The monoisotopic (exact) mass is 482 g/mol. The van der Waals surface area contributed by atoms with Crippen molar-refractivity contribution in [2.24, 2.45) is 5.92 Å². The molecule has 2 amide bonds. The number of likely N-dealkylation sites (N-methyl/N-ethyl adjacent to an activating group) is 1. The van der Waals surface area contributed by atoms with Crippen LogP contribution in [0, 0.1) is 5.92 Å². The minimum atomic E-state index is -0.223. The molecule has 3 rings (SSSR count). The summed E-state index contributed by atoms with van der Waals surface area (Å²) in [6, 6.07) is 8.82. The molecule has 0 N–H and O–H groups in total. The summed E-state index contributed by atoms with van der Waals surface area (Å²) in [5, 5.41) is 1.05. The minimum Gasteiger partial charge on any atom is -0.466 e. The quantitative estimate of drug-likeness (QED) is 0.564. The second-order valence-corrected chi connectivity index (χ2v) is 9.35. The number of thiophene rings is 1. The SMILES string of the molecule is CCOC(=O)C1CCN(C(=O)CN(C)C(=O)c2ccc(-c3cc(Cl)cc(Cl)c3)s2)CC1. The van der Waals surface area contributed by atoms with E-state index in [1.54, 1.807) is 43.1 Å². The molecule has 6 nitrogen and oxygen atoms in total. The van der Waals surface area contributed by atoms with Gasteiger partial charge in [-0.2, -0.15) is 0 Å². The molecule has 1 aliphatic heterocycles. The normalized spacial score (nSPS) is 14.4. The summed E-state index contributed by atoms with van der Waals surface area (Å²) in [6.45, 7) is 3.11. The van der Waals surface area contributed by atoms with Crippen LogP contribution in [0.25, 0.3) is 10.4 Å². The Morgan fingerprint density at radius 2 is 1.77 bits per heavy atom. The van der Waals surface area contributed by atoms with Gasteiger partial charge in [0.15, 0.2) is 0 Å². The summed E-state index contributed by atoms with van der Waals surface area (Å²) in [6.07, 6.45) is 1.16. The fourth-order valence-electron chi connectivity index (χ4n) is 3.49. The van der Waals surface area contributed by atoms with E-state index in [4.69, 9.17) is 27.9 Å². The zero-order valence-electron chi connectivity index (χ0n) is 17.4. The zero-order valence-corrected chi connectivity index (χ0v) is 19.7. The van der Waals surface area contributed by atoms with Crippen LogP contribution in [0.5, 0.6) is 0 Å². The highest BCUT2D eigenvalue weighted by atomic mass is 35.5. The number of carbonyl (C=O) groups is 3. The Labute approximate surface area is 195 Å². The number of halogens is 2. The molecule has 0 spiro atoms. The number of nitrogens with zero attached hydrogens (tertiary/aromatic N) is 2. The minimum absolute atomic E-state index is 0.0147. The molecule has 0 unspecified atom stereocenters. The first-order valence-electron chi connectivity index (χ1n) is 10.0. The maximum atomic E-state index is 12.8. The molecule has 31 heavy (non-hydrogen) atoms. The molecular formula is C22H24Cl2N2O4S. The molecular weight excluding hydrogens is 459 g/mol. The lowest BCUT2D eigenvalue weighted by Crippen LogP contribution is -2.45. The van der Waals surface area contributed by atoms with Crippen LogP contribution in [-0.2, 0) is 14.3 Å². The summed E-state index contributed by atoms with van der Waals surface area (Å²) in [7, 11) is 1.61. The summed E-state index contributed by atoms with van der Waals surface area (Å²) >= 11 is 13.5. The third-order valence-corrected chi connectivity index (χ3v) is 6.71. The van der Waals surface area contributed by atoms with Gasteiger partial charge in [0.25, 0.3) is 5.91 Å². The fraction of sp³-hybridized carbons (Fsp3) is 0.409. The van der Waals surface area contributed by atoms with Gasteiger partial charge in [-0.3, -0.25) is 14.4 Å². The van der Waals surface area contributed by atoms with E-state index in [-0.39, 0.29) is 30.2 Å². The zero-order chi connectivity index (χ0) is 22.5. The number of rotatable bonds is 6. The standard InChI is InChI=1S/C22H24Cl2N2O4S/c1-3-30-22(29)14-6-8-26(9-7-14)20(27)13-25(2)21(28)19-5-4-18(31-19)15-10-16(23)12-17(24)11-15/h4-5,10-12,14H,3,6-9,13H2,1-2H3. The van der Waals surface area contributed by atoms with Gasteiger partial charge in [0, 0.05) is 35.1 Å². The van der Waals surface area contributed by atoms with Gasteiger partial charge in [-0.1, -0.05) is 23.2 Å². The summed E-state index contributed by atoms with van der Waals surface area (Å²) in [4.78, 5) is 41.8. The highest BCUT2D eigenvalue weighted by molar-refractivity contribution is 7.17. The van der Waals surface area contributed by atoms with E-state index in [0.29, 0.717) is 47.5 Å². The van der Waals surface area contributed by atoms with Gasteiger partial charge >= 0.3 is 5.97 Å². The molecule has 1 fully saturated rings. The molecule has 1 aliphatic rings. The number of hydrogen-bond acceptors (Lipinski definition) is 5. The van der Waals surface area contributed by atoms with Crippen LogP contribution in [0.3, 0.4) is 0 Å². The van der Waals surface area contributed by atoms with Gasteiger partial charge in [0.2, 0.25) is 5.91 Å². The van der Waals surface area contributed by atoms with E-state index >= 15 is 0 Å². The van der Waals surface area contributed by atoms with Crippen LogP contribution in [-0.4, -0.2) is 60.9 Å². The molecule has 0 aliphatic carbocycles. The predicted octanol–water partition coefficient (Wildman–Crippen LogP) is 4.60. The predicted molar refractivity (Wildman–Crippen MR) is 123 cm³/mol. The van der Waals surface area contributed by atoms with E-state index in [2.05, 4.69) is 0 Å². The number of hydrogen-bond donors (Lipinski definition) is 0. The number of ether oxygens (including phenoxy) is 1. The summed E-state index contributed by atoms with van der Waals surface area (Å²) in [5.74, 6) is -0.708. The number of esters is 1. The van der Waals surface area contributed by atoms with Crippen LogP contribution in [0.1, 0.15) is 29.4 Å². The number of likely N-dealkylation sites (tertiary alicyclic amines) is 1. The van der Waals surface area contributed by atoms with Gasteiger partial charge < -0.3 is 14.5 Å². The molecule has 2 aromatic rings. The molecule has 1 saturated heterocycles. The van der Waals surface area contributed by atoms with Gasteiger partial charge in [-0.15, -0.1) is 11.3 Å². The maximum Gasteiger partial charge on any atom is 0.309 e. The van der Waals surface area contributed by atoms with Crippen LogP contribution < -0.4 is 0 Å². The van der Waals surface area contributed by atoms with Crippen molar-refractivity contribution in [1.29, 1.82) is 0 Å². The fourth-order valence-corrected chi connectivity index (χ4v) is 5.01. The second-order valence-electron chi connectivity index (χ2n) is 7.39. The van der Waals surface area contributed by atoms with Crippen molar-refractivity contribution in [3.63, 3.8) is 0 Å². The highest BCUT2D eigenvalue weighted by Crippen LogP contribution is 2.32. The van der Waals surface area contributed by atoms with Crippen molar-refractivity contribution < 1.29 is 19.1 Å². The smallest absolute Gasteiger partial charge is 0.309 e. The lowest BCUT2D eigenvalue weighted by atomic mass is 9.97. The lowest BCUT2D eigenvalue weighted by Gasteiger charge is -2.32. The molecule has 0 bridgehead atoms. The van der Waals surface area contributed by atoms with E-state index in [1.165, 1.54) is 16.2 Å². The first-order valence-corrected chi connectivity index (χ1v) is 11.6. The summed E-state index contributed by atoms with van der Waals surface area (Å²) < 4.78 is 5.06.